The lowest BCUT2D eigenvalue weighted by molar-refractivity contribution is -0.132. The predicted molar refractivity (Wildman–Crippen MR) is 76.3 cm³/mol. The van der Waals surface area contributed by atoms with Crippen molar-refractivity contribution < 1.29 is 24.2 Å². The van der Waals surface area contributed by atoms with Crippen molar-refractivity contribution in [2.45, 2.75) is 12.8 Å². The molecule has 0 radical (unpaired) electrons. The number of nitrogens with zero attached hydrogens (tertiary/aromatic N) is 1. The summed E-state index contributed by atoms with van der Waals surface area (Å²) < 4.78 is 10.5. The molecule has 6 nitrogen and oxygen atoms in total. The number of benzene rings is 1. The second kappa shape index (κ2) is 6.67. The molecule has 0 aliphatic carbocycles. The van der Waals surface area contributed by atoms with Crippen LogP contribution in [-0.4, -0.2) is 48.7 Å². The normalized spacial score (nSPS) is 14.1. The summed E-state index contributed by atoms with van der Waals surface area (Å²) in [5.74, 6) is -0.867. The van der Waals surface area contributed by atoms with E-state index in [-0.39, 0.29) is 34.6 Å². The molecule has 1 fully saturated rings. The average molecular weight is 314 g/mol. The molecule has 0 spiro atoms. The van der Waals surface area contributed by atoms with Gasteiger partial charge in [-0.15, -0.1) is 0 Å². The van der Waals surface area contributed by atoms with E-state index >= 15 is 0 Å². The number of hydrogen-bond acceptors (Lipinski definition) is 4. The number of carboxylic acid groups (broad SMARTS) is 1. The first-order chi connectivity index (χ1) is 10.0. The highest BCUT2D eigenvalue weighted by atomic mass is 35.5. The first-order valence-corrected chi connectivity index (χ1v) is 6.92. The number of halogens is 1. The van der Waals surface area contributed by atoms with Crippen molar-refractivity contribution in [3.63, 3.8) is 0 Å². The number of ether oxygens (including phenoxy) is 2. The molecule has 0 bridgehead atoms. The van der Waals surface area contributed by atoms with Gasteiger partial charge in [-0.3, -0.25) is 4.79 Å². The van der Waals surface area contributed by atoms with Gasteiger partial charge >= 0.3 is 5.97 Å². The van der Waals surface area contributed by atoms with Gasteiger partial charge in [-0.05, 0) is 25.0 Å². The van der Waals surface area contributed by atoms with E-state index in [4.69, 9.17) is 26.2 Å². The van der Waals surface area contributed by atoms with E-state index in [0.717, 1.165) is 25.9 Å². The number of amides is 1. The maximum Gasteiger partial charge on any atom is 0.335 e. The van der Waals surface area contributed by atoms with Crippen molar-refractivity contribution in [2.24, 2.45) is 0 Å². The molecule has 0 unspecified atom stereocenters. The molecule has 114 valence electrons. The Morgan fingerprint density at radius 1 is 1.33 bits per heavy atom. The molecule has 1 amide bonds. The first kappa shape index (κ1) is 15.4. The maximum atomic E-state index is 11.9. The number of carbonyl (C=O) groups is 2. The number of hydrogen-bond donors (Lipinski definition) is 1. The first-order valence-electron chi connectivity index (χ1n) is 6.54. The molecule has 21 heavy (non-hydrogen) atoms. The zero-order valence-corrected chi connectivity index (χ0v) is 12.4. The third kappa shape index (κ3) is 3.58. The monoisotopic (exact) mass is 313 g/mol. The Morgan fingerprint density at radius 2 is 2.00 bits per heavy atom. The molecule has 1 aromatic carbocycles. The van der Waals surface area contributed by atoms with Gasteiger partial charge in [0.25, 0.3) is 5.91 Å². The largest absolute Gasteiger partial charge is 0.493 e. The molecule has 0 aromatic heterocycles. The van der Waals surface area contributed by atoms with E-state index in [2.05, 4.69) is 0 Å². The standard InChI is InChI=1S/C14H16ClNO5/c1-20-11-7-9(14(18)19)6-10(15)13(11)21-8-12(17)16-4-2-3-5-16/h6-7H,2-5,8H2,1H3,(H,18,19). The van der Waals surface area contributed by atoms with Gasteiger partial charge < -0.3 is 19.5 Å². The topological polar surface area (TPSA) is 76.1 Å². The van der Waals surface area contributed by atoms with Crippen molar-refractivity contribution >= 4 is 23.5 Å². The Hall–Kier alpha value is -1.95. The number of carbonyl (C=O) groups excluding carboxylic acids is 1. The average Bonchev–Trinajstić information content (AvgIpc) is 2.98. The van der Waals surface area contributed by atoms with Gasteiger partial charge in [0.15, 0.2) is 18.1 Å². The van der Waals surface area contributed by atoms with E-state index in [1.54, 1.807) is 4.90 Å². The minimum atomic E-state index is -1.12. The van der Waals surface area contributed by atoms with Crippen LogP contribution in [0.15, 0.2) is 12.1 Å². The highest BCUT2D eigenvalue weighted by molar-refractivity contribution is 6.32. The summed E-state index contributed by atoms with van der Waals surface area (Å²) in [5, 5.41) is 9.06. The van der Waals surface area contributed by atoms with Crippen molar-refractivity contribution in [1.29, 1.82) is 0 Å². The van der Waals surface area contributed by atoms with Crippen LogP contribution in [0.1, 0.15) is 23.2 Å². The van der Waals surface area contributed by atoms with Crippen LogP contribution in [-0.2, 0) is 4.79 Å². The van der Waals surface area contributed by atoms with Gasteiger partial charge in [0.05, 0.1) is 17.7 Å². The predicted octanol–water partition coefficient (Wildman–Crippen LogP) is 2.05. The number of carboxylic acids is 1. The summed E-state index contributed by atoms with van der Waals surface area (Å²) in [6.07, 6.45) is 2.01. The molecule has 0 atom stereocenters. The quantitative estimate of drug-likeness (QED) is 0.900. The van der Waals surface area contributed by atoms with Gasteiger partial charge in [-0.1, -0.05) is 11.6 Å². The SMILES string of the molecule is COc1cc(C(=O)O)cc(Cl)c1OCC(=O)N1CCCC1. The molecule has 1 N–H and O–H groups in total. The molecule has 1 aromatic rings. The van der Waals surface area contributed by atoms with Gasteiger partial charge in [-0.25, -0.2) is 4.79 Å². The molecule has 1 heterocycles. The Kier molecular flexibility index (Phi) is 4.90. The molecule has 7 heteroatoms. The van der Waals surface area contributed by atoms with E-state index < -0.39 is 5.97 Å². The minimum Gasteiger partial charge on any atom is -0.493 e. The van der Waals surface area contributed by atoms with Crippen molar-refractivity contribution in [3.8, 4) is 11.5 Å². The summed E-state index contributed by atoms with van der Waals surface area (Å²) in [7, 11) is 1.38. The number of likely N-dealkylation sites (tertiary alicyclic amines) is 1. The van der Waals surface area contributed by atoms with Gasteiger partial charge in [0.2, 0.25) is 0 Å². The lowest BCUT2D eigenvalue weighted by Crippen LogP contribution is -2.32. The summed E-state index contributed by atoms with van der Waals surface area (Å²) in [4.78, 5) is 24.6. The molecule has 2 rings (SSSR count). The van der Waals surface area contributed by atoms with Crippen LogP contribution >= 0.6 is 11.6 Å². The zero-order valence-electron chi connectivity index (χ0n) is 11.6. The van der Waals surface area contributed by atoms with Crippen LogP contribution in [0.2, 0.25) is 5.02 Å². The van der Waals surface area contributed by atoms with E-state index in [0.29, 0.717) is 0 Å². The van der Waals surface area contributed by atoms with Crippen LogP contribution in [0.5, 0.6) is 11.5 Å². The Bertz CT molecular complexity index is 555. The lowest BCUT2D eigenvalue weighted by Gasteiger charge is -2.17. The maximum absolute atomic E-state index is 11.9. The molecular weight excluding hydrogens is 298 g/mol. The van der Waals surface area contributed by atoms with Crippen molar-refractivity contribution in [3.05, 3.63) is 22.7 Å². The van der Waals surface area contributed by atoms with E-state index in [9.17, 15) is 9.59 Å². The van der Waals surface area contributed by atoms with Gasteiger partial charge in [0, 0.05) is 13.1 Å². The third-order valence-electron chi connectivity index (χ3n) is 3.28. The molecular formula is C14H16ClNO5. The Morgan fingerprint density at radius 3 is 2.57 bits per heavy atom. The smallest absolute Gasteiger partial charge is 0.335 e. The number of aromatic carboxylic acids is 1. The fourth-order valence-corrected chi connectivity index (χ4v) is 2.44. The van der Waals surface area contributed by atoms with Gasteiger partial charge in [-0.2, -0.15) is 0 Å². The Balaban J connectivity index is 2.11. The zero-order chi connectivity index (χ0) is 15.4. The minimum absolute atomic E-state index is 0.00457. The second-order valence-electron chi connectivity index (χ2n) is 4.67. The fourth-order valence-electron chi connectivity index (χ4n) is 2.18. The summed E-state index contributed by atoms with van der Waals surface area (Å²) in [6, 6.07) is 2.58. The fraction of sp³-hybridized carbons (Fsp3) is 0.429. The van der Waals surface area contributed by atoms with Gasteiger partial charge in [0.1, 0.15) is 0 Å². The molecule has 0 saturated carbocycles. The summed E-state index contributed by atoms with van der Waals surface area (Å²) in [6.45, 7) is 1.33. The molecule has 1 aliphatic rings. The molecule has 1 saturated heterocycles. The van der Waals surface area contributed by atoms with E-state index in [1.165, 1.54) is 19.2 Å². The van der Waals surface area contributed by atoms with Crippen molar-refractivity contribution in [2.75, 3.05) is 26.8 Å². The van der Waals surface area contributed by atoms with Crippen LogP contribution in [0.25, 0.3) is 0 Å². The summed E-state index contributed by atoms with van der Waals surface area (Å²) in [5.41, 5.74) is -0.00457. The lowest BCUT2D eigenvalue weighted by atomic mass is 10.2. The van der Waals surface area contributed by atoms with E-state index in [1.807, 2.05) is 0 Å². The number of rotatable bonds is 5. The van der Waals surface area contributed by atoms with Crippen LogP contribution in [0.3, 0.4) is 0 Å². The molecule has 1 aliphatic heterocycles. The van der Waals surface area contributed by atoms with Crippen LogP contribution in [0.4, 0.5) is 0 Å². The number of methoxy groups -OCH3 is 1. The highest BCUT2D eigenvalue weighted by Gasteiger charge is 2.20. The van der Waals surface area contributed by atoms with Crippen LogP contribution in [0, 0.1) is 0 Å². The highest BCUT2D eigenvalue weighted by Crippen LogP contribution is 2.36. The third-order valence-corrected chi connectivity index (χ3v) is 3.56. The Labute approximate surface area is 127 Å². The second-order valence-corrected chi connectivity index (χ2v) is 5.08. The summed E-state index contributed by atoms with van der Waals surface area (Å²) >= 11 is 6.01. The van der Waals surface area contributed by atoms with Crippen LogP contribution < -0.4 is 9.47 Å². The van der Waals surface area contributed by atoms with Crippen molar-refractivity contribution in [1.82, 2.24) is 4.90 Å².